The van der Waals surface area contributed by atoms with Crippen molar-refractivity contribution in [1.29, 1.82) is 0 Å². The van der Waals surface area contributed by atoms with Crippen LogP contribution in [-0.4, -0.2) is 44.3 Å². The van der Waals surface area contributed by atoms with Gasteiger partial charge in [0.05, 0.1) is 31.2 Å². The van der Waals surface area contributed by atoms with Crippen LogP contribution >= 0.6 is 31.9 Å². The van der Waals surface area contributed by atoms with E-state index in [2.05, 4.69) is 36.8 Å². The van der Waals surface area contributed by atoms with E-state index < -0.39 is 44.0 Å². The molecule has 0 spiro atoms. The van der Waals surface area contributed by atoms with E-state index in [0.29, 0.717) is 10.9 Å². The lowest BCUT2D eigenvalue weighted by atomic mass is 10.2. The second kappa shape index (κ2) is 9.16. The number of fused-ring (bicyclic) bond motifs is 1. The van der Waals surface area contributed by atoms with E-state index in [1.165, 1.54) is 28.8 Å². The van der Waals surface area contributed by atoms with Gasteiger partial charge in [-0.05, 0) is 30.7 Å². The molecule has 0 saturated carbocycles. The van der Waals surface area contributed by atoms with Gasteiger partial charge < -0.3 is 13.7 Å². The Hall–Kier alpha value is -1.76. The molecule has 30 heavy (non-hydrogen) atoms. The van der Waals surface area contributed by atoms with Crippen molar-refractivity contribution in [3.8, 4) is 5.75 Å². The number of alkyl halides is 1. The quantitative estimate of drug-likeness (QED) is 0.309. The maximum absolute atomic E-state index is 13.3. The molecular formula is C18H18Br2N2O7S. The summed E-state index contributed by atoms with van der Waals surface area (Å²) in [6, 6.07) is 5.23. The Balaban J connectivity index is 2.22. The molecule has 1 unspecified atom stereocenters. The molecule has 0 N–H and O–H groups in total. The van der Waals surface area contributed by atoms with Crippen LogP contribution in [0.3, 0.4) is 0 Å². The van der Waals surface area contributed by atoms with Crippen LogP contribution in [0.5, 0.6) is 5.75 Å². The van der Waals surface area contributed by atoms with Crippen LogP contribution in [0.2, 0.25) is 0 Å². The van der Waals surface area contributed by atoms with Crippen LogP contribution in [0.1, 0.15) is 40.5 Å². The van der Waals surface area contributed by atoms with Crippen molar-refractivity contribution in [1.82, 2.24) is 9.55 Å². The fourth-order valence-electron chi connectivity index (χ4n) is 2.93. The summed E-state index contributed by atoms with van der Waals surface area (Å²) in [4.78, 5) is 29.2. The molecule has 0 bridgehead atoms. The fraction of sp³-hybridized carbons (Fsp3) is 0.389. The number of ether oxygens (including phenoxy) is 2. The summed E-state index contributed by atoms with van der Waals surface area (Å²) in [5.41, 5.74) is -1.32. The number of aromatic nitrogens is 2. The Kier molecular flexibility index (Phi) is 7.00. The number of hydrogen-bond acceptors (Lipinski definition) is 8. The minimum Gasteiger partial charge on any atom is -0.464 e. The fourth-order valence-corrected chi connectivity index (χ4v) is 4.64. The molecule has 9 nitrogen and oxygen atoms in total. The van der Waals surface area contributed by atoms with Crippen LogP contribution in [0.15, 0.2) is 38.4 Å². The van der Waals surface area contributed by atoms with Crippen molar-refractivity contribution >= 4 is 47.9 Å². The summed E-state index contributed by atoms with van der Waals surface area (Å²) in [5.74, 6) is -1.47. The number of benzene rings is 1. The minimum atomic E-state index is -4.42. The van der Waals surface area contributed by atoms with Gasteiger partial charge in [-0.2, -0.15) is 8.42 Å². The Morgan fingerprint density at radius 1 is 1.30 bits per heavy atom. The van der Waals surface area contributed by atoms with Crippen LogP contribution in [0.25, 0.3) is 0 Å². The number of methoxy groups -OCH3 is 1. The highest BCUT2D eigenvalue weighted by molar-refractivity contribution is 9.10. The molecule has 0 radical (unpaired) electrons. The summed E-state index contributed by atoms with van der Waals surface area (Å²) >= 11 is 6.62. The van der Waals surface area contributed by atoms with E-state index in [1.807, 2.05) is 6.92 Å². The SMILES string of the molecule is CC[C@H]1COCC(Br)c2nc(C(=O)OC)c(OS(=O)(=O)c3ccc(Br)cc3)c(=O)n21. The molecule has 162 valence electrons. The first kappa shape index (κ1) is 22.9. The molecule has 2 heterocycles. The summed E-state index contributed by atoms with van der Waals surface area (Å²) in [7, 11) is -3.31. The zero-order valence-corrected chi connectivity index (χ0v) is 20.0. The molecule has 1 aliphatic rings. The second-order valence-corrected chi connectivity index (χ2v) is 9.94. The van der Waals surface area contributed by atoms with Crippen molar-refractivity contribution in [2.45, 2.75) is 29.1 Å². The molecule has 0 aliphatic carbocycles. The van der Waals surface area contributed by atoms with Crippen LogP contribution in [0.4, 0.5) is 0 Å². The van der Waals surface area contributed by atoms with Crippen LogP contribution in [-0.2, 0) is 19.6 Å². The largest absolute Gasteiger partial charge is 0.464 e. The summed E-state index contributed by atoms with van der Waals surface area (Å²) in [5, 5.41) is 0. The van der Waals surface area contributed by atoms with E-state index in [9.17, 15) is 18.0 Å². The molecule has 0 fully saturated rings. The summed E-state index contributed by atoms with van der Waals surface area (Å²) in [6.45, 7) is 2.30. The first-order valence-electron chi connectivity index (χ1n) is 8.86. The van der Waals surface area contributed by atoms with Crippen molar-refractivity contribution in [3.05, 3.63) is 50.6 Å². The monoisotopic (exact) mass is 564 g/mol. The zero-order chi connectivity index (χ0) is 22.1. The topological polar surface area (TPSA) is 114 Å². The predicted octanol–water partition coefficient (Wildman–Crippen LogP) is 2.98. The average Bonchev–Trinajstić information content (AvgIpc) is 2.88. The number of carbonyl (C=O) groups excluding carboxylic acids is 1. The standard InChI is InChI=1S/C18H18Br2N2O7S/c1-3-11-8-28-9-13(20)16-21-14(18(24)27-2)15(17(23)22(11)16)29-30(25,26)12-6-4-10(19)5-7-12/h4-7,11,13H,3,8-9H2,1-2H3/t11-,13?/m0/s1. The van der Waals surface area contributed by atoms with Gasteiger partial charge in [0.25, 0.3) is 5.56 Å². The van der Waals surface area contributed by atoms with E-state index in [0.717, 1.165) is 7.11 Å². The Bertz CT molecular complexity index is 1120. The van der Waals surface area contributed by atoms with Crippen molar-refractivity contribution in [3.63, 3.8) is 0 Å². The van der Waals surface area contributed by atoms with Gasteiger partial charge in [-0.1, -0.05) is 38.8 Å². The Morgan fingerprint density at radius 2 is 1.97 bits per heavy atom. The molecule has 3 rings (SSSR count). The van der Waals surface area contributed by atoms with Gasteiger partial charge in [0, 0.05) is 4.47 Å². The molecule has 2 aromatic rings. The number of halogens is 2. The minimum absolute atomic E-state index is 0.186. The Morgan fingerprint density at radius 3 is 2.57 bits per heavy atom. The molecule has 1 aliphatic heterocycles. The molecule has 0 amide bonds. The zero-order valence-electron chi connectivity index (χ0n) is 16.0. The van der Waals surface area contributed by atoms with Crippen molar-refractivity contribution in [2.75, 3.05) is 20.3 Å². The van der Waals surface area contributed by atoms with Crippen molar-refractivity contribution < 1.29 is 26.9 Å². The highest BCUT2D eigenvalue weighted by atomic mass is 79.9. The number of rotatable bonds is 5. The van der Waals surface area contributed by atoms with Gasteiger partial charge in [-0.3, -0.25) is 9.36 Å². The predicted molar refractivity (Wildman–Crippen MR) is 114 cm³/mol. The van der Waals surface area contributed by atoms with Crippen molar-refractivity contribution in [2.24, 2.45) is 0 Å². The highest BCUT2D eigenvalue weighted by Gasteiger charge is 2.33. The van der Waals surface area contributed by atoms with Gasteiger partial charge in [0.1, 0.15) is 10.7 Å². The number of hydrogen-bond donors (Lipinski definition) is 0. The molecule has 0 saturated heterocycles. The lowest BCUT2D eigenvalue weighted by Gasteiger charge is -2.20. The van der Waals surface area contributed by atoms with E-state index >= 15 is 0 Å². The second-order valence-electron chi connectivity index (χ2n) is 6.37. The van der Waals surface area contributed by atoms with Gasteiger partial charge in [-0.25, -0.2) is 9.78 Å². The van der Waals surface area contributed by atoms with Crippen LogP contribution in [0, 0.1) is 0 Å². The first-order chi connectivity index (χ1) is 14.2. The maximum Gasteiger partial charge on any atom is 0.360 e. The van der Waals surface area contributed by atoms with Gasteiger partial charge >= 0.3 is 16.1 Å². The molecule has 2 atom stereocenters. The summed E-state index contributed by atoms with van der Waals surface area (Å²) < 4.78 is 43.0. The smallest absolute Gasteiger partial charge is 0.360 e. The van der Waals surface area contributed by atoms with E-state index in [4.69, 9.17) is 13.7 Å². The molecular weight excluding hydrogens is 548 g/mol. The third-order valence-electron chi connectivity index (χ3n) is 4.47. The van der Waals surface area contributed by atoms with Gasteiger partial charge in [0.2, 0.25) is 5.75 Å². The molecule has 1 aromatic heterocycles. The molecule has 1 aromatic carbocycles. The number of nitrogens with zero attached hydrogens (tertiary/aromatic N) is 2. The summed E-state index contributed by atoms with van der Waals surface area (Å²) in [6.07, 6.45) is 0.519. The van der Waals surface area contributed by atoms with E-state index in [-0.39, 0.29) is 23.9 Å². The third kappa shape index (κ3) is 4.46. The normalized spacial score (nSPS) is 18.9. The van der Waals surface area contributed by atoms with Crippen LogP contribution < -0.4 is 9.74 Å². The lowest BCUT2D eigenvalue weighted by molar-refractivity contribution is 0.0590. The van der Waals surface area contributed by atoms with Gasteiger partial charge in [-0.15, -0.1) is 0 Å². The average molecular weight is 566 g/mol. The van der Waals surface area contributed by atoms with Gasteiger partial charge in [0.15, 0.2) is 5.69 Å². The number of esters is 1. The lowest BCUT2D eigenvalue weighted by Crippen LogP contribution is -2.34. The first-order valence-corrected chi connectivity index (χ1v) is 12.0. The van der Waals surface area contributed by atoms with E-state index in [1.54, 1.807) is 0 Å². The number of carbonyl (C=O) groups is 1. The third-order valence-corrected chi connectivity index (χ3v) is 6.90. The molecule has 12 heteroatoms. The highest BCUT2D eigenvalue weighted by Crippen LogP contribution is 2.30. The Labute approximate surface area is 189 Å². The maximum atomic E-state index is 13.3.